The van der Waals surface area contributed by atoms with E-state index in [0.717, 1.165) is 12.8 Å². The van der Waals surface area contributed by atoms with Gasteiger partial charge in [0, 0.05) is 31.7 Å². The van der Waals surface area contributed by atoms with E-state index in [0.29, 0.717) is 25.4 Å². The van der Waals surface area contributed by atoms with Crippen LogP contribution in [0.5, 0.6) is 0 Å². The summed E-state index contributed by atoms with van der Waals surface area (Å²) in [5.74, 6) is -1.06. The molecule has 19 heavy (non-hydrogen) atoms. The molecule has 1 aliphatic rings. The summed E-state index contributed by atoms with van der Waals surface area (Å²) in [6, 6.07) is 1.35. The predicted molar refractivity (Wildman–Crippen MR) is 66.4 cm³/mol. The van der Waals surface area contributed by atoms with Crippen LogP contribution in [-0.2, 0) is 11.2 Å². The molecule has 2 N–H and O–H groups in total. The molecule has 2 rings (SSSR count). The van der Waals surface area contributed by atoms with E-state index in [2.05, 4.69) is 5.32 Å². The number of rotatable bonds is 4. The van der Waals surface area contributed by atoms with Crippen molar-refractivity contribution in [2.24, 2.45) is 0 Å². The summed E-state index contributed by atoms with van der Waals surface area (Å²) < 4.78 is 10.5. The third kappa shape index (κ3) is 3.14. The number of hydrogen-bond acceptors (Lipinski definition) is 4. The monoisotopic (exact) mass is 267 g/mol. The molecule has 1 fully saturated rings. The Morgan fingerprint density at radius 1 is 1.42 bits per heavy atom. The predicted octanol–water partition coefficient (Wildman–Crippen LogP) is 1.45. The molecule has 0 spiro atoms. The van der Waals surface area contributed by atoms with E-state index in [1.54, 1.807) is 6.92 Å². The van der Waals surface area contributed by atoms with E-state index >= 15 is 0 Å². The molecule has 1 aromatic rings. The summed E-state index contributed by atoms with van der Waals surface area (Å²) in [6.45, 7) is 3.04. The SMILES string of the molecule is CCc1oc(C(=O)NC2CCOCC2)cc1C(=O)O. The molecule has 6 nitrogen and oxygen atoms in total. The Kier molecular flexibility index (Phi) is 4.21. The maximum Gasteiger partial charge on any atom is 0.339 e. The minimum Gasteiger partial charge on any atom is -0.478 e. The topological polar surface area (TPSA) is 88.8 Å². The second-order valence-corrected chi connectivity index (χ2v) is 4.47. The van der Waals surface area contributed by atoms with Gasteiger partial charge in [0.25, 0.3) is 5.91 Å². The van der Waals surface area contributed by atoms with Crippen LogP contribution in [-0.4, -0.2) is 36.2 Å². The normalized spacial score (nSPS) is 16.3. The second-order valence-electron chi connectivity index (χ2n) is 4.47. The number of carbonyl (C=O) groups is 2. The number of aryl methyl sites for hydroxylation is 1. The van der Waals surface area contributed by atoms with Crippen molar-refractivity contribution in [3.8, 4) is 0 Å². The number of hydrogen-bond donors (Lipinski definition) is 2. The molecular formula is C13H17NO5. The molecular weight excluding hydrogens is 250 g/mol. The smallest absolute Gasteiger partial charge is 0.339 e. The second kappa shape index (κ2) is 5.88. The van der Waals surface area contributed by atoms with Crippen molar-refractivity contribution in [3.05, 3.63) is 23.2 Å². The van der Waals surface area contributed by atoms with Crippen LogP contribution in [0.4, 0.5) is 0 Å². The van der Waals surface area contributed by atoms with Crippen LogP contribution >= 0.6 is 0 Å². The van der Waals surface area contributed by atoms with E-state index < -0.39 is 5.97 Å². The Hall–Kier alpha value is -1.82. The quantitative estimate of drug-likeness (QED) is 0.861. The number of carboxylic acids is 1. The molecule has 104 valence electrons. The molecule has 2 heterocycles. The zero-order valence-electron chi connectivity index (χ0n) is 10.8. The van der Waals surface area contributed by atoms with Crippen LogP contribution in [0.25, 0.3) is 0 Å². The van der Waals surface area contributed by atoms with Crippen LogP contribution < -0.4 is 5.32 Å². The fraction of sp³-hybridized carbons (Fsp3) is 0.538. The van der Waals surface area contributed by atoms with Crippen LogP contribution in [0.1, 0.15) is 46.4 Å². The zero-order valence-corrected chi connectivity index (χ0v) is 10.8. The molecule has 0 aromatic carbocycles. The number of nitrogens with one attached hydrogen (secondary N) is 1. The highest BCUT2D eigenvalue weighted by Crippen LogP contribution is 2.17. The van der Waals surface area contributed by atoms with Gasteiger partial charge in [-0.2, -0.15) is 0 Å². The van der Waals surface area contributed by atoms with E-state index in [1.165, 1.54) is 6.07 Å². The number of amides is 1. The molecule has 0 bridgehead atoms. The third-order valence-corrected chi connectivity index (χ3v) is 3.14. The fourth-order valence-electron chi connectivity index (χ4n) is 2.08. The number of ether oxygens (including phenoxy) is 1. The summed E-state index contributed by atoms with van der Waals surface area (Å²) >= 11 is 0. The summed E-state index contributed by atoms with van der Waals surface area (Å²) in [5, 5.41) is 11.8. The van der Waals surface area contributed by atoms with Crippen molar-refractivity contribution in [1.29, 1.82) is 0 Å². The van der Waals surface area contributed by atoms with Gasteiger partial charge in [0.2, 0.25) is 0 Å². The van der Waals surface area contributed by atoms with Gasteiger partial charge in [-0.25, -0.2) is 4.79 Å². The van der Waals surface area contributed by atoms with E-state index in [4.69, 9.17) is 14.3 Å². The van der Waals surface area contributed by atoms with Crippen LogP contribution in [0, 0.1) is 0 Å². The van der Waals surface area contributed by atoms with Gasteiger partial charge in [-0.15, -0.1) is 0 Å². The average Bonchev–Trinajstić information content (AvgIpc) is 2.84. The van der Waals surface area contributed by atoms with Crippen molar-refractivity contribution in [3.63, 3.8) is 0 Å². The summed E-state index contributed by atoms with van der Waals surface area (Å²) in [5.41, 5.74) is 0.0552. The van der Waals surface area contributed by atoms with Gasteiger partial charge < -0.3 is 19.6 Å². The lowest BCUT2D eigenvalue weighted by atomic mass is 10.1. The number of carboxylic acid groups (broad SMARTS) is 1. The third-order valence-electron chi connectivity index (χ3n) is 3.14. The lowest BCUT2D eigenvalue weighted by molar-refractivity contribution is 0.0677. The number of carbonyl (C=O) groups excluding carboxylic acids is 1. The highest BCUT2D eigenvalue weighted by molar-refractivity contribution is 5.96. The first kappa shape index (κ1) is 13.6. The minimum atomic E-state index is -1.08. The molecule has 0 unspecified atom stereocenters. The van der Waals surface area contributed by atoms with Gasteiger partial charge in [-0.1, -0.05) is 6.92 Å². The molecule has 1 aliphatic heterocycles. The number of furan rings is 1. The highest BCUT2D eigenvalue weighted by Gasteiger charge is 2.22. The van der Waals surface area contributed by atoms with Gasteiger partial charge in [0.15, 0.2) is 5.76 Å². The summed E-state index contributed by atoms with van der Waals surface area (Å²) in [7, 11) is 0. The Morgan fingerprint density at radius 3 is 2.63 bits per heavy atom. The molecule has 0 atom stereocenters. The van der Waals surface area contributed by atoms with Crippen LogP contribution in [0.2, 0.25) is 0 Å². The summed E-state index contributed by atoms with van der Waals surface area (Å²) in [6.07, 6.45) is 1.96. The van der Waals surface area contributed by atoms with E-state index in [1.807, 2.05) is 0 Å². The Bertz CT molecular complexity index is 473. The van der Waals surface area contributed by atoms with Gasteiger partial charge in [0.05, 0.1) is 0 Å². The molecule has 1 aromatic heterocycles. The molecule has 6 heteroatoms. The van der Waals surface area contributed by atoms with E-state index in [9.17, 15) is 9.59 Å². The standard InChI is InChI=1S/C13H17NO5/c1-2-10-9(13(16)17)7-11(19-10)12(15)14-8-3-5-18-6-4-8/h7-8H,2-6H2,1H3,(H,14,15)(H,16,17). The Labute approximate surface area is 110 Å². The van der Waals surface area contributed by atoms with Gasteiger partial charge in [-0.05, 0) is 12.8 Å². The van der Waals surface area contributed by atoms with Crippen molar-refractivity contribution < 1.29 is 23.8 Å². The van der Waals surface area contributed by atoms with Crippen LogP contribution in [0.3, 0.4) is 0 Å². The largest absolute Gasteiger partial charge is 0.478 e. The molecule has 0 radical (unpaired) electrons. The highest BCUT2D eigenvalue weighted by atomic mass is 16.5. The zero-order chi connectivity index (χ0) is 13.8. The first-order valence-electron chi connectivity index (χ1n) is 6.36. The van der Waals surface area contributed by atoms with Crippen molar-refractivity contribution in [2.75, 3.05) is 13.2 Å². The van der Waals surface area contributed by atoms with Crippen molar-refractivity contribution in [1.82, 2.24) is 5.32 Å². The minimum absolute atomic E-state index is 0.0552. The Morgan fingerprint density at radius 2 is 2.11 bits per heavy atom. The maximum atomic E-state index is 12.0. The molecule has 1 saturated heterocycles. The lowest BCUT2D eigenvalue weighted by Gasteiger charge is -2.22. The average molecular weight is 267 g/mol. The van der Waals surface area contributed by atoms with Gasteiger partial charge in [-0.3, -0.25) is 4.79 Å². The number of aromatic carboxylic acids is 1. The molecule has 0 saturated carbocycles. The first-order chi connectivity index (χ1) is 9.11. The van der Waals surface area contributed by atoms with Gasteiger partial charge >= 0.3 is 5.97 Å². The van der Waals surface area contributed by atoms with Crippen molar-refractivity contribution in [2.45, 2.75) is 32.2 Å². The molecule has 1 amide bonds. The van der Waals surface area contributed by atoms with Crippen molar-refractivity contribution >= 4 is 11.9 Å². The lowest BCUT2D eigenvalue weighted by Crippen LogP contribution is -2.38. The molecule has 0 aliphatic carbocycles. The van der Waals surface area contributed by atoms with Crippen LogP contribution in [0.15, 0.2) is 10.5 Å². The van der Waals surface area contributed by atoms with Gasteiger partial charge in [0.1, 0.15) is 11.3 Å². The van der Waals surface area contributed by atoms with E-state index in [-0.39, 0.29) is 23.3 Å². The first-order valence-corrected chi connectivity index (χ1v) is 6.36. The maximum absolute atomic E-state index is 12.0. The summed E-state index contributed by atoms with van der Waals surface area (Å²) in [4.78, 5) is 23.0. The Balaban J connectivity index is 2.08. The fourth-order valence-corrected chi connectivity index (χ4v) is 2.08.